The topological polar surface area (TPSA) is 79.3 Å². The van der Waals surface area contributed by atoms with E-state index in [0.29, 0.717) is 18.0 Å². The summed E-state index contributed by atoms with van der Waals surface area (Å²) in [6.45, 7) is 1.04. The summed E-state index contributed by atoms with van der Waals surface area (Å²) in [5.41, 5.74) is 1.08. The van der Waals surface area contributed by atoms with Crippen molar-refractivity contribution in [3.63, 3.8) is 0 Å². The monoisotopic (exact) mass is 420 g/mol. The Morgan fingerprint density at radius 1 is 1.07 bits per heavy atom. The number of rotatable bonds is 8. The highest BCUT2D eigenvalue weighted by atomic mass is 32.2. The smallest absolute Gasteiger partial charge is 0.243 e. The maximum absolute atomic E-state index is 12.8. The molecule has 0 saturated carbocycles. The number of likely N-dealkylation sites (N-methyl/N-ethyl adjacent to an activating group) is 1. The molecule has 1 saturated heterocycles. The van der Waals surface area contributed by atoms with Crippen molar-refractivity contribution in [2.75, 3.05) is 40.9 Å². The number of ether oxygens (including phenoxy) is 2. The van der Waals surface area contributed by atoms with Crippen LogP contribution in [-0.2, 0) is 16.4 Å². The Labute approximate surface area is 172 Å². The second-order valence-corrected chi connectivity index (χ2v) is 9.13. The Morgan fingerprint density at radius 3 is 2.41 bits per heavy atom. The molecule has 0 aliphatic carbocycles. The minimum Gasteiger partial charge on any atom is -0.493 e. The summed E-state index contributed by atoms with van der Waals surface area (Å²) in [7, 11) is 1.51. The number of hydrogen-bond acceptors (Lipinski definition) is 6. The lowest BCUT2D eigenvalue weighted by Crippen LogP contribution is -2.42. The molecule has 1 fully saturated rings. The van der Waals surface area contributed by atoms with Gasteiger partial charge in [0, 0.05) is 19.6 Å². The van der Waals surface area contributed by atoms with E-state index in [-0.39, 0.29) is 24.0 Å². The molecule has 1 heterocycles. The molecule has 0 aromatic heterocycles. The highest BCUT2D eigenvalue weighted by Crippen LogP contribution is 2.28. The quantitative estimate of drug-likeness (QED) is 0.699. The van der Waals surface area contributed by atoms with Crippen molar-refractivity contribution in [2.45, 2.75) is 23.5 Å². The molecule has 2 aromatic rings. The van der Waals surface area contributed by atoms with Gasteiger partial charge in [0.1, 0.15) is 0 Å². The van der Waals surface area contributed by atoms with Gasteiger partial charge in [0.2, 0.25) is 10.0 Å². The molecule has 7 nitrogen and oxygen atoms in total. The predicted molar refractivity (Wildman–Crippen MR) is 111 cm³/mol. The molecular weight excluding hydrogens is 392 g/mol. The lowest BCUT2D eigenvalue weighted by molar-refractivity contribution is 0.0999. The normalized spacial score (nSPS) is 20.2. The summed E-state index contributed by atoms with van der Waals surface area (Å²) in [4.78, 5) is 2.27. The van der Waals surface area contributed by atoms with Crippen LogP contribution in [0.3, 0.4) is 0 Å². The van der Waals surface area contributed by atoms with Gasteiger partial charge in [-0.25, -0.2) is 8.42 Å². The molecule has 0 unspecified atom stereocenters. The van der Waals surface area contributed by atoms with Crippen LogP contribution in [0.25, 0.3) is 0 Å². The number of hydrogen-bond donors (Lipinski definition) is 1. The lowest BCUT2D eigenvalue weighted by atomic mass is 10.1. The molecule has 0 bridgehead atoms. The zero-order chi connectivity index (χ0) is 21.0. The van der Waals surface area contributed by atoms with Crippen molar-refractivity contribution in [3.05, 3.63) is 54.1 Å². The van der Waals surface area contributed by atoms with Gasteiger partial charge < -0.3 is 14.6 Å². The van der Waals surface area contributed by atoms with Crippen molar-refractivity contribution < 1.29 is 23.0 Å². The Balaban J connectivity index is 1.64. The van der Waals surface area contributed by atoms with E-state index in [1.807, 2.05) is 30.1 Å². The van der Waals surface area contributed by atoms with Crippen LogP contribution in [0.15, 0.2) is 53.4 Å². The molecule has 3 rings (SSSR count). The number of sulfonamides is 1. The number of nitrogens with zero attached hydrogens (tertiary/aromatic N) is 2. The molecule has 2 aromatic carbocycles. The molecule has 0 spiro atoms. The predicted octanol–water partition coefficient (Wildman–Crippen LogP) is 1.61. The molecule has 1 N–H and O–H groups in total. The first-order chi connectivity index (χ1) is 13.9. The Hall–Kier alpha value is -2.13. The summed E-state index contributed by atoms with van der Waals surface area (Å²) >= 11 is 0. The van der Waals surface area contributed by atoms with Gasteiger partial charge in [0.25, 0.3) is 0 Å². The lowest BCUT2D eigenvalue weighted by Gasteiger charge is -2.26. The third-order valence-electron chi connectivity index (χ3n) is 5.37. The van der Waals surface area contributed by atoms with Crippen LogP contribution >= 0.6 is 0 Å². The van der Waals surface area contributed by atoms with E-state index in [0.717, 1.165) is 12.0 Å². The number of methoxy groups -OCH3 is 2. The minimum atomic E-state index is -3.61. The van der Waals surface area contributed by atoms with Gasteiger partial charge in [-0.05, 0) is 43.3 Å². The maximum Gasteiger partial charge on any atom is 0.243 e. The zero-order valence-corrected chi connectivity index (χ0v) is 17.8. The fraction of sp³-hybridized carbons (Fsp3) is 0.429. The average molecular weight is 421 g/mol. The van der Waals surface area contributed by atoms with E-state index in [2.05, 4.69) is 0 Å². The molecule has 158 valence electrons. The van der Waals surface area contributed by atoms with E-state index < -0.39 is 16.1 Å². The van der Waals surface area contributed by atoms with Gasteiger partial charge in [-0.2, -0.15) is 4.31 Å². The third-order valence-corrected chi connectivity index (χ3v) is 7.22. The zero-order valence-electron chi connectivity index (χ0n) is 17.0. The summed E-state index contributed by atoms with van der Waals surface area (Å²) in [6.07, 6.45) is 0.00907. The summed E-state index contributed by atoms with van der Waals surface area (Å²) in [6, 6.07) is 13.9. The average Bonchev–Trinajstić information content (AvgIpc) is 3.15. The highest BCUT2D eigenvalue weighted by molar-refractivity contribution is 7.89. The van der Waals surface area contributed by atoms with Crippen molar-refractivity contribution in [1.29, 1.82) is 0 Å². The molecule has 0 radical (unpaired) electrons. The summed E-state index contributed by atoms with van der Waals surface area (Å²) in [5.74, 6) is 1.35. The van der Waals surface area contributed by atoms with Crippen LogP contribution in [0.4, 0.5) is 0 Å². The van der Waals surface area contributed by atoms with E-state index in [1.54, 1.807) is 44.6 Å². The van der Waals surface area contributed by atoms with Crippen LogP contribution in [0.5, 0.6) is 11.5 Å². The summed E-state index contributed by atoms with van der Waals surface area (Å²) < 4.78 is 37.6. The molecular formula is C21H28N2O5S. The van der Waals surface area contributed by atoms with Crippen molar-refractivity contribution in [3.8, 4) is 11.5 Å². The SMILES string of the molecule is COc1ccc(CCN(C)[C@H]2CN(S(=O)(=O)c3ccccc3)C[C@@H]2O)cc1OC. The largest absolute Gasteiger partial charge is 0.493 e. The van der Waals surface area contributed by atoms with Crippen molar-refractivity contribution in [2.24, 2.45) is 0 Å². The van der Waals surface area contributed by atoms with E-state index in [4.69, 9.17) is 9.47 Å². The van der Waals surface area contributed by atoms with Crippen LogP contribution in [0.1, 0.15) is 5.56 Å². The fourth-order valence-electron chi connectivity index (χ4n) is 3.61. The highest BCUT2D eigenvalue weighted by Gasteiger charge is 2.40. The van der Waals surface area contributed by atoms with E-state index in [1.165, 1.54) is 4.31 Å². The van der Waals surface area contributed by atoms with Gasteiger partial charge in [-0.3, -0.25) is 4.90 Å². The fourth-order valence-corrected chi connectivity index (χ4v) is 5.11. The number of β-amino-alcohol motifs (C(OH)–C–C–N with tert-alkyl or cyclic N) is 1. The summed E-state index contributed by atoms with van der Waals surface area (Å²) in [5, 5.41) is 10.5. The van der Waals surface area contributed by atoms with Crippen LogP contribution in [0, 0.1) is 0 Å². The van der Waals surface area contributed by atoms with E-state index >= 15 is 0 Å². The van der Waals surface area contributed by atoms with Crippen molar-refractivity contribution in [1.82, 2.24) is 9.21 Å². The second-order valence-electron chi connectivity index (χ2n) is 7.19. The molecule has 8 heteroatoms. The Morgan fingerprint density at radius 2 is 1.76 bits per heavy atom. The first kappa shape index (κ1) is 21.6. The molecule has 0 amide bonds. The standard InChI is InChI=1S/C21H28N2O5S/c1-22(12-11-16-9-10-20(27-2)21(13-16)28-3)18-14-23(15-19(18)24)29(25,26)17-7-5-4-6-8-17/h4-10,13,18-19,24H,11-12,14-15H2,1-3H3/t18-,19-/m0/s1. The van der Waals surface area contributed by atoms with Gasteiger partial charge in [-0.1, -0.05) is 24.3 Å². The van der Waals surface area contributed by atoms with Gasteiger partial charge >= 0.3 is 0 Å². The van der Waals surface area contributed by atoms with Crippen LogP contribution < -0.4 is 9.47 Å². The van der Waals surface area contributed by atoms with Crippen molar-refractivity contribution >= 4 is 10.0 Å². The maximum atomic E-state index is 12.8. The van der Waals surface area contributed by atoms with Crippen LogP contribution in [0.2, 0.25) is 0 Å². The van der Waals surface area contributed by atoms with Gasteiger partial charge in [-0.15, -0.1) is 0 Å². The van der Waals surface area contributed by atoms with Gasteiger partial charge in [0.05, 0.1) is 31.3 Å². The van der Waals surface area contributed by atoms with Crippen LogP contribution in [-0.4, -0.2) is 75.8 Å². The third kappa shape index (κ3) is 4.72. The van der Waals surface area contributed by atoms with E-state index in [9.17, 15) is 13.5 Å². The minimum absolute atomic E-state index is 0.0998. The molecule has 29 heavy (non-hydrogen) atoms. The first-order valence-corrected chi connectivity index (χ1v) is 10.9. The number of aliphatic hydroxyl groups is 1. The molecule has 2 atom stereocenters. The molecule has 1 aliphatic rings. The Bertz CT molecular complexity index is 920. The Kier molecular flexibility index (Phi) is 6.79. The molecule has 1 aliphatic heterocycles. The number of benzene rings is 2. The van der Waals surface area contributed by atoms with Gasteiger partial charge in [0.15, 0.2) is 11.5 Å². The first-order valence-electron chi connectivity index (χ1n) is 9.51. The second kappa shape index (κ2) is 9.13. The number of aliphatic hydroxyl groups excluding tert-OH is 1.